The van der Waals surface area contributed by atoms with Crippen LogP contribution in [0.15, 0.2) is 12.2 Å². The highest BCUT2D eigenvalue weighted by Crippen LogP contribution is 2.09. The van der Waals surface area contributed by atoms with Crippen LogP contribution < -0.4 is 5.73 Å². The summed E-state index contributed by atoms with van der Waals surface area (Å²) in [6, 6.07) is 0. The van der Waals surface area contributed by atoms with Gasteiger partial charge >= 0.3 is 0 Å². The summed E-state index contributed by atoms with van der Waals surface area (Å²) in [6.07, 6.45) is 23.9. The Morgan fingerprint density at radius 2 is 0.958 bits per heavy atom. The van der Waals surface area contributed by atoms with E-state index in [1.54, 1.807) is 0 Å². The summed E-state index contributed by atoms with van der Waals surface area (Å²) in [5.41, 5.74) is 5.47. The first kappa shape index (κ1) is 28.7. The van der Waals surface area contributed by atoms with Crippen LogP contribution in [0, 0.1) is 0 Å². The van der Waals surface area contributed by atoms with Gasteiger partial charge in [0.15, 0.2) is 0 Å². The van der Waals surface area contributed by atoms with Gasteiger partial charge in [-0.15, -0.1) is 12.4 Å². The van der Waals surface area contributed by atoms with Crippen LogP contribution in [0.2, 0.25) is 0 Å². The number of rotatable bonds is 15. The third-order valence-corrected chi connectivity index (χ3v) is 3.72. The molecule has 0 heterocycles. The molecule has 0 aromatic rings. The fourth-order valence-electron chi connectivity index (χ4n) is 2.39. The Labute approximate surface area is 160 Å². The molecule has 0 unspecified atom stereocenters. The monoisotopic (exact) mass is 362 g/mol. The van der Waals surface area contributed by atoms with Crippen molar-refractivity contribution in [2.24, 2.45) is 5.73 Å². The maximum Gasteiger partial charge on any atom is -0.00773 e. The van der Waals surface area contributed by atoms with Gasteiger partial charge < -0.3 is 10.6 Å². The van der Waals surface area contributed by atoms with Gasteiger partial charge in [0.05, 0.1) is 0 Å². The highest BCUT2D eigenvalue weighted by atomic mass is 35.5. The summed E-state index contributed by atoms with van der Waals surface area (Å²) < 4.78 is 0. The van der Waals surface area contributed by atoms with Crippen molar-refractivity contribution in [3.63, 3.8) is 0 Å². The fourth-order valence-corrected chi connectivity index (χ4v) is 2.39. The molecule has 0 saturated carbocycles. The number of unbranched alkanes of at least 4 members (excludes halogenated alkanes) is 12. The Morgan fingerprint density at radius 1 is 0.625 bits per heavy atom. The van der Waals surface area contributed by atoms with Gasteiger partial charge in [-0.2, -0.15) is 0 Å². The maximum atomic E-state index is 5.47. The molecule has 0 bridgehead atoms. The Bertz CT molecular complexity index is 215. The average Bonchev–Trinajstić information content (AvgIpc) is 2.50. The van der Waals surface area contributed by atoms with Gasteiger partial charge in [-0.3, -0.25) is 0 Å². The standard InChI is InChI=1S/C18H37N.C3H9N.ClH/c1-2-3-4-5-6-7-8-9-10-11-12-13-14-15-16-17-18-19;1-4(2)3;/h9-10H,2-8,11-19H2,1H3;1-3H3;1H/b10-9-;;. The van der Waals surface area contributed by atoms with E-state index in [1.165, 1.54) is 89.9 Å². The molecule has 2 nitrogen and oxygen atoms in total. The van der Waals surface area contributed by atoms with Crippen LogP contribution in [0.5, 0.6) is 0 Å². The SMILES string of the molecule is CCCCCCCC/C=C\CCCCCCCCN.CN(C)C.Cl. The van der Waals surface area contributed by atoms with E-state index in [4.69, 9.17) is 5.73 Å². The molecular formula is C21H47ClN2. The van der Waals surface area contributed by atoms with Gasteiger partial charge in [0.25, 0.3) is 0 Å². The molecule has 148 valence electrons. The van der Waals surface area contributed by atoms with Crippen molar-refractivity contribution in [3.05, 3.63) is 12.2 Å². The smallest absolute Gasteiger partial charge is 0.00773 e. The van der Waals surface area contributed by atoms with E-state index in [-0.39, 0.29) is 12.4 Å². The molecule has 0 radical (unpaired) electrons. The fraction of sp³-hybridized carbons (Fsp3) is 0.905. The van der Waals surface area contributed by atoms with E-state index in [9.17, 15) is 0 Å². The topological polar surface area (TPSA) is 29.3 Å². The number of nitrogens with two attached hydrogens (primary N) is 1. The van der Waals surface area contributed by atoms with Crippen LogP contribution in [0.4, 0.5) is 0 Å². The van der Waals surface area contributed by atoms with Crippen molar-refractivity contribution in [2.75, 3.05) is 27.7 Å². The van der Waals surface area contributed by atoms with Crippen molar-refractivity contribution in [1.82, 2.24) is 4.90 Å². The maximum absolute atomic E-state index is 5.47. The number of halogens is 1. The third kappa shape index (κ3) is 37.9. The van der Waals surface area contributed by atoms with E-state index in [0.717, 1.165) is 6.54 Å². The molecule has 0 amide bonds. The van der Waals surface area contributed by atoms with Gasteiger partial charge in [0, 0.05) is 0 Å². The Morgan fingerprint density at radius 3 is 1.33 bits per heavy atom. The van der Waals surface area contributed by atoms with Crippen molar-refractivity contribution in [2.45, 2.75) is 96.8 Å². The van der Waals surface area contributed by atoms with Crippen molar-refractivity contribution < 1.29 is 0 Å². The molecule has 0 fully saturated rings. The van der Waals surface area contributed by atoms with E-state index < -0.39 is 0 Å². The molecular weight excluding hydrogens is 316 g/mol. The molecule has 3 heteroatoms. The molecule has 0 spiro atoms. The highest BCUT2D eigenvalue weighted by Gasteiger charge is 1.90. The lowest BCUT2D eigenvalue weighted by Gasteiger charge is -1.99. The summed E-state index contributed by atoms with van der Waals surface area (Å²) in [5.74, 6) is 0. The van der Waals surface area contributed by atoms with E-state index in [0.29, 0.717) is 0 Å². The predicted molar refractivity (Wildman–Crippen MR) is 115 cm³/mol. The second-order valence-electron chi connectivity index (χ2n) is 7.07. The lowest BCUT2D eigenvalue weighted by atomic mass is 10.1. The van der Waals surface area contributed by atoms with Crippen molar-refractivity contribution in [3.8, 4) is 0 Å². The minimum Gasteiger partial charge on any atom is -0.330 e. The largest absolute Gasteiger partial charge is 0.330 e. The van der Waals surface area contributed by atoms with Crippen LogP contribution in [0.3, 0.4) is 0 Å². The first-order valence-electron chi connectivity index (χ1n) is 10.1. The van der Waals surface area contributed by atoms with Gasteiger partial charge in [-0.1, -0.05) is 76.9 Å². The Hall–Kier alpha value is -0.0500. The Kier molecular flexibility index (Phi) is 33.3. The van der Waals surface area contributed by atoms with E-state index in [2.05, 4.69) is 19.1 Å². The van der Waals surface area contributed by atoms with Crippen LogP contribution in [-0.4, -0.2) is 32.6 Å². The summed E-state index contributed by atoms with van der Waals surface area (Å²) in [7, 11) is 6.00. The summed E-state index contributed by atoms with van der Waals surface area (Å²) in [6.45, 7) is 3.14. The van der Waals surface area contributed by atoms with Crippen LogP contribution in [0.1, 0.15) is 96.8 Å². The van der Waals surface area contributed by atoms with Crippen LogP contribution >= 0.6 is 12.4 Å². The predicted octanol–water partition coefficient (Wildman–Crippen LogP) is 6.58. The summed E-state index contributed by atoms with van der Waals surface area (Å²) >= 11 is 0. The van der Waals surface area contributed by atoms with E-state index >= 15 is 0 Å². The van der Waals surface area contributed by atoms with Crippen molar-refractivity contribution >= 4 is 12.4 Å². The zero-order chi connectivity index (χ0) is 17.6. The molecule has 0 aliphatic carbocycles. The average molecular weight is 363 g/mol. The molecule has 0 aromatic heterocycles. The summed E-state index contributed by atoms with van der Waals surface area (Å²) in [5, 5.41) is 0. The van der Waals surface area contributed by atoms with Gasteiger partial charge in [0.2, 0.25) is 0 Å². The normalized spacial score (nSPS) is 10.6. The Balaban J connectivity index is -0.000000787. The quantitative estimate of drug-likeness (QED) is 0.263. The second kappa shape index (κ2) is 27.8. The summed E-state index contributed by atoms with van der Waals surface area (Å²) in [4.78, 5) is 2.00. The third-order valence-electron chi connectivity index (χ3n) is 3.72. The van der Waals surface area contributed by atoms with Gasteiger partial charge in [0.1, 0.15) is 0 Å². The van der Waals surface area contributed by atoms with Crippen LogP contribution in [-0.2, 0) is 0 Å². The molecule has 0 aliphatic rings. The minimum atomic E-state index is 0. The number of hydrogen-bond acceptors (Lipinski definition) is 2. The number of hydrogen-bond donors (Lipinski definition) is 1. The molecule has 0 aliphatic heterocycles. The zero-order valence-corrected chi connectivity index (χ0v) is 18.0. The van der Waals surface area contributed by atoms with Crippen molar-refractivity contribution in [1.29, 1.82) is 0 Å². The first-order valence-corrected chi connectivity index (χ1v) is 10.1. The second-order valence-corrected chi connectivity index (χ2v) is 7.07. The van der Waals surface area contributed by atoms with Crippen LogP contribution in [0.25, 0.3) is 0 Å². The zero-order valence-electron chi connectivity index (χ0n) is 17.2. The lowest BCUT2D eigenvalue weighted by Crippen LogP contribution is -1.99. The molecule has 0 atom stereocenters. The number of allylic oxidation sites excluding steroid dienone is 2. The molecule has 2 N–H and O–H groups in total. The highest BCUT2D eigenvalue weighted by molar-refractivity contribution is 5.85. The molecule has 0 rings (SSSR count). The number of nitrogens with zero attached hydrogens (tertiary/aromatic N) is 1. The molecule has 0 aromatic carbocycles. The van der Waals surface area contributed by atoms with Gasteiger partial charge in [-0.25, -0.2) is 0 Å². The molecule has 0 saturated heterocycles. The minimum absolute atomic E-state index is 0. The molecule has 24 heavy (non-hydrogen) atoms. The lowest BCUT2D eigenvalue weighted by molar-refractivity contribution is 0.505. The van der Waals surface area contributed by atoms with Gasteiger partial charge in [-0.05, 0) is 59.8 Å². The first-order chi connectivity index (χ1) is 11.1. The van der Waals surface area contributed by atoms with E-state index in [1.807, 2.05) is 26.0 Å².